The van der Waals surface area contributed by atoms with Crippen LogP contribution in [0.25, 0.3) is 0 Å². The number of hydrogen-bond donors (Lipinski definition) is 1. The molecule has 1 aromatic rings. The first-order chi connectivity index (χ1) is 7.81. The molecule has 0 heterocycles. The molecule has 3 heteroatoms. The minimum Gasteiger partial charge on any atom is -0.493 e. The molecule has 0 aliphatic rings. The van der Waals surface area contributed by atoms with E-state index in [1.54, 1.807) is 0 Å². The third kappa shape index (κ3) is 4.06. The second kappa shape index (κ2) is 7.58. The predicted octanol–water partition coefficient (Wildman–Crippen LogP) is 2.84. The summed E-state index contributed by atoms with van der Waals surface area (Å²) in [5.41, 5.74) is 8.06. The van der Waals surface area contributed by atoms with Crippen molar-refractivity contribution in [2.75, 3.05) is 19.4 Å². The topological polar surface area (TPSA) is 35.2 Å². The van der Waals surface area contributed by atoms with Gasteiger partial charge in [-0.1, -0.05) is 19.1 Å². The standard InChI is InChI=1S/C13H21NOS/c1-3-12-6-5-11(10-16-2)9-13(12)15-8-4-7-14/h5-6,9H,3-4,7-8,10,14H2,1-2H3. The number of ether oxygens (including phenoxy) is 1. The lowest BCUT2D eigenvalue weighted by atomic mass is 10.1. The van der Waals surface area contributed by atoms with Crippen molar-refractivity contribution in [3.63, 3.8) is 0 Å². The fourth-order valence-electron chi connectivity index (χ4n) is 1.55. The van der Waals surface area contributed by atoms with E-state index in [-0.39, 0.29) is 0 Å². The van der Waals surface area contributed by atoms with Crippen LogP contribution in [-0.4, -0.2) is 19.4 Å². The minimum absolute atomic E-state index is 0.686. The molecule has 90 valence electrons. The molecule has 0 amide bonds. The van der Waals surface area contributed by atoms with Gasteiger partial charge in [-0.05, 0) is 42.8 Å². The van der Waals surface area contributed by atoms with Crippen LogP contribution in [0.2, 0.25) is 0 Å². The van der Waals surface area contributed by atoms with Gasteiger partial charge in [0.15, 0.2) is 0 Å². The first-order valence-electron chi connectivity index (χ1n) is 5.75. The lowest BCUT2D eigenvalue weighted by molar-refractivity contribution is 0.310. The average molecular weight is 239 g/mol. The Bertz CT molecular complexity index is 315. The van der Waals surface area contributed by atoms with Crippen LogP contribution in [0.1, 0.15) is 24.5 Å². The third-order valence-electron chi connectivity index (χ3n) is 2.43. The fourth-order valence-corrected chi connectivity index (χ4v) is 2.06. The van der Waals surface area contributed by atoms with Gasteiger partial charge < -0.3 is 10.5 Å². The molecule has 1 rings (SSSR count). The van der Waals surface area contributed by atoms with Crippen LogP contribution in [0.3, 0.4) is 0 Å². The summed E-state index contributed by atoms with van der Waals surface area (Å²) < 4.78 is 5.77. The van der Waals surface area contributed by atoms with Crippen molar-refractivity contribution < 1.29 is 4.74 Å². The van der Waals surface area contributed by atoms with Gasteiger partial charge in [0.2, 0.25) is 0 Å². The van der Waals surface area contributed by atoms with E-state index in [1.807, 2.05) is 11.8 Å². The Labute approximate surface area is 103 Å². The van der Waals surface area contributed by atoms with Crippen LogP contribution >= 0.6 is 11.8 Å². The molecule has 0 unspecified atom stereocenters. The second-order valence-corrected chi connectivity index (χ2v) is 4.59. The monoisotopic (exact) mass is 239 g/mol. The lowest BCUT2D eigenvalue weighted by Crippen LogP contribution is -2.07. The summed E-state index contributed by atoms with van der Waals surface area (Å²) in [6.07, 6.45) is 4.04. The molecule has 0 aliphatic heterocycles. The molecule has 2 N–H and O–H groups in total. The Balaban J connectivity index is 2.72. The molecule has 0 fully saturated rings. The number of hydrogen-bond acceptors (Lipinski definition) is 3. The van der Waals surface area contributed by atoms with Crippen LogP contribution < -0.4 is 10.5 Å². The van der Waals surface area contributed by atoms with Crippen molar-refractivity contribution in [2.24, 2.45) is 5.73 Å². The minimum atomic E-state index is 0.686. The van der Waals surface area contributed by atoms with Crippen molar-refractivity contribution >= 4 is 11.8 Å². The zero-order valence-electron chi connectivity index (χ0n) is 10.2. The zero-order chi connectivity index (χ0) is 11.8. The number of benzene rings is 1. The van der Waals surface area contributed by atoms with E-state index < -0.39 is 0 Å². The van der Waals surface area contributed by atoms with Crippen LogP contribution in [0.4, 0.5) is 0 Å². The Morgan fingerprint density at radius 1 is 1.38 bits per heavy atom. The maximum Gasteiger partial charge on any atom is 0.122 e. The molecule has 0 atom stereocenters. The van der Waals surface area contributed by atoms with Crippen molar-refractivity contribution in [2.45, 2.75) is 25.5 Å². The van der Waals surface area contributed by atoms with Gasteiger partial charge in [-0.15, -0.1) is 0 Å². The van der Waals surface area contributed by atoms with Gasteiger partial charge in [-0.2, -0.15) is 11.8 Å². The summed E-state index contributed by atoms with van der Waals surface area (Å²) in [4.78, 5) is 0. The van der Waals surface area contributed by atoms with E-state index in [1.165, 1.54) is 11.1 Å². The van der Waals surface area contributed by atoms with Gasteiger partial charge in [-0.25, -0.2) is 0 Å². The second-order valence-electron chi connectivity index (χ2n) is 3.72. The quantitative estimate of drug-likeness (QED) is 0.743. The first kappa shape index (κ1) is 13.4. The molecule has 0 aromatic heterocycles. The SMILES string of the molecule is CCc1ccc(CSC)cc1OCCCN. The normalized spacial score (nSPS) is 10.4. The van der Waals surface area contributed by atoms with Crippen LogP contribution in [0.15, 0.2) is 18.2 Å². The highest BCUT2D eigenvalue weighted by Crippen LogP contribution is 2.23. The average Bonchev–Trinajstić information content (AvgIpc) is 2.30. The van der Waals surface area contributed by atoms with Crippen LogP contribution in [-0.2, 0) is 12.2 Å². The van der Waals surface area contributed by atoms with Crippen LogP contribution in [0, 0.1) is 0 Å². The maximum absolute atomic E-state index is 5.77. The van der Waals surface area contributed by atoms with E-state index in [0.29, 0.717) is 13.2 Å². The van der Waals surface area contributed by atoms with E-state index in [4.69, 9.17) is 10.5 Å². The molecular formula is C13H21NOS. The first-order valence-corrected chi connectivity index (χ1v) is 7.14. The highest BCUT2D eigenvalue weighted by Gasteiger charge is 2.03. The van der Waals surface area contributed by atoms with E-state index in [2.05, 4.69) is 31.4 Å². The summed E-state index contributed by atoms with van der Waals surface area (Å²) >= 11 is 1.83. The fraction of sp³-hybridized carbons (Fsp3) is 0.538. The zero-order valence-corrected chi connectivity index (χ0v) is 11.0. The van der Waals surface area contributed by atoms with Crippen LogP contribution in [0.5, 0.6) is 5.75 Å². The lowest BCUT2D eigenvalue weighted by Gasteiger charge is -2.11. The van der Waals surface area contributed by atoms with Crippen molar-refractivity contribution in [3.8, 4) is 5.75 Å². The molecular weight excluding hydrogens is 218 g/mol. The highest BCUT2D eigenvalue weighted by atomic mass is 32.2. The summed E-state index contributed by atoms with van der Waals surface area (Å²) in [6.45, 7) is 3.55. The number of thioether (sulfide) groups is 1. The van der Waals surface area contributed by atoms with Crippen molar-refractivity contribution in [3.05, 3.63) is 29.3 Å². The summed E-state index contributed by atoms with van der Waals surface area (Å²) in [7, 11) is 0. The third-order valence-corrected chi connectivity index (χ3v) is 3.05. The Kier molecular flexibility index (Phi) is 6.34. The summed E-state index contributed by atoms with van der Waals surface area (Å²) in [6, 6.07) is 6.51. The van der Waals surface area contributed by atoms with E-state index >= 15 is 0 Å². The molecule has 0 radical (unpaired) electrons. The molecule has 16 heavy (non-hydrogen) atoms. The number of nitrogens with two attached hydrogens (primary N) is 1. The van der Waals surface area contributed by atoms with Gasteiger partial charge in [0, 0.05) is 5.75 Å². The van der Waals surface area contributed by atoms with Gasteiger partial charge in [0.05, 0.1) is 6.61 Å². The van der Waals surface area contributed by atoms with Gasteiger partial charge in [0.1, 0.15) is 5.75 Å². The molecule has 2 nitrogen and oxygen atoms in total. The molecule has 1 aromatic carbocycles. The molecule has 0 bridgehead atoms. The number of aryl methyl sites for hydroxylation is 1. The van der Waals surface area contributed by atoms with E-state index in [0.717, 1.165) is 24.3 Å². The molecule has 0 saturated heterocycles. The van der Waals surface area contributed by atoms with E-state index in [9.17, 15) is 0 Å². The summed E-state index contributed by atoms with van der Waals surface area (Å²) in [5.74, 6) is 2.07. The highest BCUT2D eigenvalue weighted by molar-refractivity contribution is 7.97. The largest absolute Gasteiger partial charge is 0.493 e. The molecule has 0 saturated carbocycles. The predicted molar refractivity (Wildman–Crippen MR) is 72.2 cm³/mol. The van der Waals surface area contributed by atoms with Crippen molar-refractivity contribution in [1.29, 1.82) is 0 Å². The Morgan fingerprint density at radius 2 is 2.19 bits per heavy atom. The van der Waals surface area contributed by atoms with Gasteiger partial charge in [-0.3, -0.25) is 0 Å². The van der Waals surface area contributed by atoms with Gasteiger partial charge in [0.25, 0.3) is 0 Å². The molecule has 0 spiro atoms. The van der Waals surface area contributed by atoms with Gasteiger partial charge >= 0.3 is 0 Å². The maximum atomic E-state index is 5.77. The Hall–Kier alpha value is -0.670. The molecule has 0 aliphatic carbocycles. The Morgan fingerprint density at radius 3 is 2.81 bits per heavy atom. The number of rotatable bonds is 7. The van der Waals surface area contributed by atoms with Crippen molar-refractivity contribution in [1.82, 2.24) is 0 Å². The smallest absolute Gasteiger partial charge is 0.122 e. The summed E-state index contributed by atoms with van der Waals surface area (Å²) in [5, 5.41) is 0.